The Morgan fingerprint density at radius 1 is 0.372 bits per heavy atom. The molecular formula is C39H23N3S. The van der Waals surface area contributed by atoms with Crippen molar-refractivity contribution in [1.82, 2.24) is 15.0 Å². The van der Waals surface area contributed by atoms with Gasteiger partial charge in [0, 0.05) is 36.9 Å². The van der Waals surface area contributed by atoms with Gasteiger partial charge in [0.2, 0.25) is 0 Å². The minimum Gasteiger partial charge on any atom is -0.208 e. The van der Waals surface area contributed by atoms with Crippen molar-refractivity contribution >= 4 is 63.8 Å². The first kappa shape index (κ1) is 24.2. The minimum atomic E-state index is 0.669. The molecule has 2 heterocycles. The molecule has 0 atom stereocenters. The number of hydrogen-bond donors (Lipinski definition) is 0. The maximum absolute atomic E-state index is 5.14. The summed E-state index contributed by atoms with van der Waals surface area (Å²) in [4.78, 5) is 15.2. The van der Waals surface area contributed by atoms with E-state index in [9.17, 15) is 0 Å². The second-order valence-electron chi connectivity index (χ2n) is 10.8. The van der Waals surface area contributed by atoms with E-state index in [1.54, 1.807) is 0 Å². The average Bonchev–Trinajstić information content (AvgIpc) is 3.48. The molecule has 0 radical (unpaired) electrons. The van der Waals surface area contributed by atoms with Crippen molar-refractivity contribution in [3.05, 3.63) is 140 Å². The molecule has 4 heteroatoms. The third kappa shape index (κ3) is 3.84. The van der Waals surface area contributed by atoms with Gasteiger partial charge in [-0.2, -0.15) is 0 Å². The highest BCUT2D eigenvalue weighted by molar-refractivity contribution is 7.27. The summed E-state index contributed by atoms with van der Waals surface area (Å²) in [7, 11) is 0. The Labute approximate surface area is 251 Å². The van der Waals surface area contributed by atoms with E-state index in [1.165, 1.54) is 52.5 Å². The fourth-order valence-corrected chi connectivity index (χ4v) is 7.62. The van der Waals surface area contributed by atoms with Crippen LogP contribution in [0.15, 0.2) is 140 Å². The van der Waals surface area contributed by atoms with Crippen molar-refractivity contribution < 1.29 is 0 Å². The van der Waals surface area contributed by atoms with Crippen molar-refractivity contribution in [3.63, 3.8) is 0 Å². The van der Waals surface area contributed by atoms with Crippen LogP contribution in [0.2, 0.25) is 0 Å². The van der Waals surface area contributed by atoms with E-state index < -0.39 is 0 Å². The molecule has 9 rings (SSSR count). The number of fused-ring (bicyclic) bond motifs is 9. The molecule has 0 aliphatic carbocycles. The lowest BCUT2D eigenvalue weighted by molar-refractivity contribution is 1.08. The zero-order valence-electron chi connectivity index (χ0n) is 23.0. The highest BCUT2D eigenvalue weighted by Crippen LogP contribution is 2.47. The molecule has 2 aromatic heterocycles. The van der Waals surface area contributed by atoms with E-state index >= 15 is 0 Å². The first-order chi connectivity index (χ1) is 21.3. The fraction of sp³-hybridized carbons (Fsp3) is 0. The predicted octanol–water partition coefficient (Wildman–Crippen LogP) is 10.7. The van der Waals surface area contributed by atoms with E-state index in [-0.39, 0.29) is 0 Å². The predicted molar refractivity (Wildman–Crippen MR) is 182 cm³/mol. The maximum Gasteiger partial charge on any atom is 0.165 e. The first-order valence-electron chi connectivity index (χ1n) is 14.4. The molecule has 0 aliphatic heterocycles. The number of thiophene rings is 1. The number of hydrogen-bond acceptors (Lipinski definition) is 4. The normalized spacial score (nSPS) is 11.7. The summed E-state index contributed by atoms with van der Waals surface area (Å²) in [6.07, 6.45) is 0. The van der Waals surface area contributed by atoms with Crippen LogP contribution in [0.25, 0.3) is 86.7 Å². The molecule has 0 amide bonds. The van der Waals surface area contributed by atoms with Crippen molar-refractivity contribution in [2.24, 2.45) is 0 Å². The van der Waals surface area contributed by atoms with Crippen LogP contribution in [0.4, 0.5) is 0 Å². The van der Waals surface area contributed by atoms with Crippen LogP contribution in [0, 0.1) is 0 Å². The largest absolute Gasteiger partial charge is 0.208 e. The highest BCUT2D eigenvalue weighted by Gasteiger charge is 2.20. The Morgan fingerprint density at radius 3 is 1.60 bits per heavy atom. The van der Waals surface area contributed by atoms with Crippen LogP contribution in [0.5, 0.6) is 0 Å². The monoisotopic (exact) mass is 565 g/mol. The van der Waals surface area contributed by atoms with Crippen LogP contribution in [-0.4, -0.2) is 15.0 Å². The van der Waals surface area contributed by atoms with Crippen molar-refractivity contribution in [2.75, 3.05) is 0 Å². The smallest absolute Gasteiger partial charge is 0.165 e. The molecule has 0 saturated carbocycles. The lowest BCUT2D eigenvalue weighted by atomic mass is 9.94. The quantitative estimate of drug-likeness (QED) is 0.200. The molecule has 0 aliphatic rings. The molecule has 0 unspecified atom stereocenters. The molecular weight excluding hydrogens is 543 g/mol. The molecule has 0 spiro atoms. The van der Waals surface area contributed by atoms with Gasteiger partial charge >= 0.3 is 0 Å². The van der Waals surface area contributed by atoms with Gasteiger partial charge in [-0.1, -0.05) is 133 Å². The van der Waals surface area contributed by atoms with Crippen molar-refractivity contribution in [2.45, 2.75) is 0 Å². The van der Waals surface area contributed by atoms with Crippen LogP contribution in [-0.2, 0) is 0 Å². The molecule has 3 nitrogen and oxygen atoms in total. The maximum atomic E-state index is 5.14. The van der Waals surface area contributed by atoms with Gasteiger partial charge in [0.05, 0.1) is 0 Å². The summed E-state index contributed by atoms with van der Waals surface area (Å²) in [5.41, 5.74) is 2.96. The third-order valence-corrected chi connectivity index (χ3v) is 9.55. The topological polar surface area (TPSA) is 38.7 Å². The van der Waals surface area contributed by atoms with Gasteiger partial charge < -0.3 is 0 Å². The molecule has 0 N–H and O–H groups in total. The molecule has 0 bridgehead atoms. The molecule has 9 aromatic rings. The van der Waals surface area contributed by atoms with Gasteiger partial charge in [-0.3, -0.25) is 0 Å². The van der Waals surface area contributed by atoms with E-state index in [2.05, 4.69) is 103 Å². The van der Waals surface area contributed by atoms with Crippen LogP contribution < -0.4 is 0 Å². The minimum absolute atomic E-state index is 0.669. The van der Waals surface area contributed by atoms with Gasteiger partial charge in [0.25, 0.3) is 0 Å². The Morgan fingerprint density at radius 2 is 0.907 bits per heavy atom. The van der Waals surface area contributed by atoms with Crippen LogP contribution >= 0.6 is 11.3 Å². The average molecular weight is 566 g/mol. The van der Waals surface area contributed by atoms with Crippen molar-refractivity contribution in [1.29, 1.82) is 0 Å². The summed E-state index contributed by atoms with van der Waals surface area (Å²) in [6.45, 7) is 0. The molecule has 43 heavy (non-hydrogen) atoms. The van der Waals surface area contributed by atoms with Crippen LogP contribution in [0.3, 0.4) is 0 Å². The molecule has 200 valence electrons. The third-order valence-electron chi connectivity index (χ3n) is 8.28. The summed E-state index contributed by atoms with van der Waals surface area (Å²) in [6, 6.07) is 49.0. The summed E-state index contributed by atoms with van der Waals surface area (Å²) in [5.74, 6) is 2.02. The first-order valence-corrected chi connectivity index (χ1v) is 15.2. The summed E-state index contributed by atoms with van der Waals surface area (Å²) >= 11 is 1.84. The zero-order valence-corrected chi connectivity index (χ0v) is 23.8. The fourth-order valence-electron chi connectivity index (χ4n) is 6.27. The van der Waals surface area contributed by atoms with Gasteiger partial charge in [-0.15, -0.1) is 11.3 Å². The molecule has 0 saturated heterocycles. The van der Waals surface area contributed by atoms with E-state index in [4.69, 9.17) is 15.0 Å². The van der Waals surface area contributed by atoms with Crippen LogP contribution in [0.1, 0.15) is 0 Å². The summed E-state index contributed by atoms with van der Waals surface area (Å²) in [5, 5.41) is 10.00. The Hall–Kier alpha value is -5.45. The van der Waals surface area contributed by atoms with Gasteiger partial charge in [0.15, 0.2) is 17.5 Å². The second-order valence-corrected chi connectivity index (χ2v) is 11.8. The Kier molecular flexibility index (Phi) is 5.37. The lowest BCUT2D eigenvalue weighted by Gasteiger charge is -2.12. The second kappa shape index (κ2) is 9.55. The van der Waals surface area contributed by atoms with Gasteiger partial charge in [-0.05, 0) is 38.4 Å². The molecule has 0 fully saturated rings. The SMILES string of the molecule is c1ccc(-c2nc(-c3ccccc3)nc(-c3cc4ccc5ccccc5c4c4c3sc3c5ccccc5ccc34)n2)cc1. The standard InChI is InChI=1S/C39H23N3S/c1-3-13-26(14-4-1)37-40-38(27-15-5-2-6-16-27)42-39(41-37)32-23-28-20-19-24-11-7-9-17-29(24)33(28)34-31-22-21-25-12-8-10-18-30(25)35(31)43-36(32)34/h1-23H. The number of nitrogens with zero attached hydrogens (tertiary/aromatic N) is 3. The van der Waals surface area contributed by atoms with Crippen molar-refractivity contribution in [3.8, 4) is 34.2 Å². The summed E-state index contributed by atoms with van der Waals surface area (Å²) < 4.78 is 2.48. The highest BCUT2D eigenvalue weighted by atomic mass is 32.1. The zero-order chi connectivity index (χ0) is 28.3. The number of benzene rings is 7. The van der Waals surface area contributed by atoms with Gasteiger partial charge in [0.1, 0.15) is 0 Å². The van der Waals surface area contributed by atoms with E-state index in [1.807, 2.05) is 47.7 Å². The molecule has 7 aromatic carbocycles. The lowest BCUT2D eigenvalue weighted by Crippen LogP contribution is -2.00. The Bertz CT molecular complexity index is 2440. The van der Waals surface area contributed by atoms with E-state index in [0.29, 0.717) is 17.5 Å². The number of rotatable bonds is 3. The van der Waals surface area contributed by atoms with E-state index in [0.717, 1.165) is 16.7 Å². The number of aromatic nitrogens is 3. The Balaban J connectivity index is 1.45. The van der Waals surface area contributed by atoms with Gasteiger partial charge in [-0.25, -0.2) is 15.0 Å².